The SMILES string of the molecule is C[C@H]1C[C@@]2(C)[C@@H](CC[C@]2(O)CCCO)[C@@H]2CCC3=CC(=O)CCC3=C21. The van der Waals surface area contributed by atoms with Crippen LogP contribution >= 0.6 is 0 Å². The zero-order chi connectivity index (χ0) is 17.8. The number of rotatable bonds is 3. The Hall–Kier alpha value is -0.930. The highest BCUT2D eigenvalue weighted by Gasteiger charge is 2.61. The van der Waals surface area contributed by atoms with E-state index in [9.17, 15) is 15.0 Å². The minimum atomic E-state index is -0.622. The molecule has 0 bridgehead atoms. The van der Waals surface area contributed by atoms with Gasteiger partial charge in [0.15, 0.2) is 5.78 Å². The highest BCUT2D eigenvalue weighted by molar-refractivity contribution is 5.93. The molecule has 5 atom stereocenters. The second-order valence-electron chi connectivity index (χ2n) is 9.24. The van der Waals surface area contributed by atoms with Crippen LogP contribution in [0, 0.1) is 23.2 Å². The van der Waals surface area contributed by atoms with Crippen molar-refractivity contribution < 1.29 is 15.0 Å². The minimum absolute atomic E-state index is 0.0397. The van der Waals surface area contributed by atoms with E-state index < -0.39 is 5.60 Å². The number of aliphatic hydroxyl groups is 2. The van der Waals surface area contributed by atoms with Crippen molar-refractivity contribution in [2.24, 2.45) is 23.2 Å². The fourth-order valence-corrected chi connectivity index (χ4v) is 6.94. The first-order valence-corrected chi connectivity index (χ1v) is 10.2. The zero-order valence-electron chi connectivity index (χ0n) is 15.7. The van der Waals surface area contributed by atoms with Crippen molar-refractivity contribution in [1.82, 2.24) is 0 Å². The van der Waals surface area contributed by atoms with Crippen LogP contribution in [-0.2, 0) is 4.79 Å². The molecule has 0 amide bonds. The fourth-order valence-electron chi connectivity index (χ4n) is 6.94. The molecular formula is C22H32O3. The third-order valence-electron chi connectivity index (χ3n) is 8.06. The summed E-state index contributed by atoms with van der Waals surface area (Å²) in [5, 5.41) is 20.7. The van der Waals surface area contributed by atoms with Crippen LogP contribution in [0.25, 0.3) is 0 Å². The molecule has 0 aliphatic heterocycles. The average Bonchev–Trinajstić information content (AvgIpc) is 2.84. The smallest absolute Gasteiger partial charge is 0.156 e. The molecule has 3 nitrogen and oxygen atoms in total. The number of aliphatic hydroxyl groups excluding tert-OH is 1. The van der Waals surface area contributed by atoms with Crippen LogP contribution in [0.3, 0.4) is 0 Å². The standard InChI is InChI=1S/C22H32O3/c1-14-13-21(2)19(8-10-22(21,25)9-3-11-23)18-6-4-15-12-16(24)5-7-17(15)20(14)18/h12,14,18-19,23,25H,3-11,13H2,1-2H3/t14-,18-,19-,21-,22+/m0/s1. The van der Waals surface area contributed by atoms with Crippen LogP contribution < -0.4 is 0 Å². The van der Waals surface area contributed by atoms with Gasteiger partial charge in [-0.3, -0.25) is 4.79 Å². The van der Waals surface area contributed by atoms with Gasteiger partial charge in [0.2, 0.25) is 0 Å². The summed E-state index contributed by atoms with van der Waals surface area (Å²) in [5.74, 6) is 1.91. The van der Waals surface area contributed by atoms with E-state index in [2.05, 4.69) is 13.8 Å². The van der Waals surface area contributed by atoms with Crippen LogP contribution in [-0.4, -0.2) is 28.2 Å². The van der Waals surface area contributed by atoms with Crippen LogP contribution in [0.2, 0.25) is 0 Å². The molecule has 4 aliphatic rings. The highest BCUT2D eigenvalue weighted by Crippen LogP contribution is 2.65. The number of fused-ring (bicyclic) bond motifs is 4. The Kier molecular flexibility index (Phi) is 4.24. The first kappa shape index (κ1) is 17.5. The zero-order valence-corrected chi connectivity index (χ0v) is 15.7. The average molecular weight is 344 g/mol. The summed E-state index contributed by atoms with van der Waals surface area (Å²) in [6, 6.07) is 0. The lowest BCUT2D eigenvalue weighted by Gasteiger charge is -2.54. The number of ketones is 1. The molecule has 0 aromatic rings. The molecule has 2 fully saturated rings. The summed E-state index contributed by atoms with van der Waals surface area (Å²) in [6.07, 6.45) is 10.1. The van der Waals surface area contributed by atoms with Gasteiger partial charge in [-0.25, -0.2) is 0 Å². The van der Waals surface area contributed by atoms with Gasteiger partial charge in [-0.1, -0.05) is 19.4 Å². The maximum atomic E-state index is 11.8. The summed E-state index contributed by atoms with van der Waals surface area (Å²) >= 11 is 0. The Labute approximate surface area is 151 Å². The Bertz CT molecular complexity index is 646. The first-order valence-electron chi connectivity index (χ1n) is 10.2. The lowest BCUT2D eigenvalue weighted by molar-refractivity contribution is -0.114. The van der Waals surface area contributed by atoms with Gasteiger partial charge < -0.3 is 10.2 Å². The number of carbonyl (C=O) groups is 1. The van der Waals surface area contributed by atoms with E-state index in [4.69, 9.17) is 0 Å². The molecule has 2 saturated carbocycles. The molecule has 0 aromatic carbocycles. The molecule has 2 N–H and O–H groups in total. The summed E-state index contributed by atoms with van der Waals surface area (Å²) in [7, 11) is 0. The van der Waals surface area contributed by atoms with Crippen LogP contribution in [0.5, 0.6) is 0 Å². The predicted octanol–water partition coefficient (Wildman–Crippen LogP) is 3.94. The molecule has 0 unspecified atom stereocenters. The molecule has 0 heterocycles. The largest absolute Gasteiger partial charge is 0.396 e. The predicted molar refractivity (Wildman–Crippen MR) is 98.0 cm³/mol. The molecule has 4 rings (SSSR count). The van der Waals surface area contributed by atoms with Crippen molar-refractivity contribution in [3.05, 3.63) is 22.8 Å². The maximum Gasteiger partial charge on any atom is 0.156 e. The van der Waals surface area contributed by atoms with E-state index >= 15 is 0 Å². The third kappa shape index (κ3) is 2.49. The number of hydrogen-bond acceptors (Lipinski definition) is 3. The summed E-state index contributed by atoms with van der Waals surface area (Å²) in [4.78, 5) is 11.8. The molecular weight excluding hydrogens is 312 g/mol. The van der Waals surface area contributed by atoms with E-state index in [1.165, 1.54) is 11.1 Å². The van der Waals surface area contributed by atoms with Crippen LogP contribution in [0.1, 0.15) is 71.6 Å². The Morgan fingerprint density at radius 1 is 1.24 bits per heavy atom. The number of allylic oxidation sites excluding steroid dienone is 4. The summed E-state index contributed by atoms with van der Waals surface area (Å²) in [5.41, 5.74) is 3.77. The van der Waals surface area contributed by atoms with E-state index in [-0.39, 0.29) is 12.0 Å². The van der Waals surface area contributed by atoms with Gasteiger partial charge in [0.1, 0.15) is 0 Å². The maximum absolute atomic E-state index is 11.8. The van der Waals surface area contributed by atoms with Crippen molar-refractivity contribution in [2.45, 2.75) is 77.2 Å². The van der Waals surface area contributed by atoms with Crippen molar-refractivity contribution in [3.63, 3.8) is 0 Å². The van der Waals surface area contributed by atoms with E-state index in [1.54, 1.807) is 5.57 Å². The summed E-state index contributed by atoms with van der Waals surface area (Å²) < 4.78 is 0. The van der Waals surface area contributed by atoms with Gasteiger partial charge >= 0.3 is 0 Å². The molecule has 0 saturated heterocycles. The second-order valence-corrected chi connectivity index (χ2v) is 9.24. The lowest BCUT2D eigenvalue weighted by Crippen LogP contribution is -2.51. The van der Waals surface area contributed by atoms with Crippen LogP contribution in [0.15, 0.2) is 22.8 Å². The Balaban J connectivity index is 1.71. The quantitative estimate of drug-likeness (QED) is 0.815. The first-order chi connectivity index (χ1) is 11.9. The monoisotopic (exact) mass is 344 g/mol. The van der Waals surface area contributed by atoms with E-state index in [1.807, 2.05) is 6.08 Å². The van der Waals surface area contributed by atoms with E-state index in [0.717, 1.165) is 44.9 Å². The van der Waals surface area contributed by atoms with Gasteiger partial charge in [0.05, 0.1) is 5.60 Å². The van der Waals surface area contributed by atoms with Crippen molar-refractivity contribution >= 4 is 5.78 Å². The molecule has 25 heavy (non-hydrogen) atoms. The third-order valence-corrected chi connectivity index (χ3v) is 8.06. The fraction of sp³-hybridized carbons (Fsp3) is 0.773. The molecule has 0 spiro atoms. The van der Waals surface area contributed by atoms with Gasteiger partial charge in [0, 0.05) is 18.4 Å². The topological polar surface area (TPSA) is 57.5 Å². The van der Waals surface area contributed by atoms with Crippen molar-refractivity contribution in [3.8, 4) is 0 Å². The van der Waals surface area contributed by atoms with Gasteiger partial charge in [-0.2, -0.15) is 0 Å². The van der Waals surface area contributed by atoms with Gasteiger partial charge in [-0.15, -0.1) is 0 Å². The van der Waals surface area contributed by atoms with Gasteiger partial charge in [0.25, 0.3) is 0 Å². The molecule has 138 valence electrons. The lowest BCUT2D eigenvalue weighted by atomic mass is 9.52. The van der Waals surface area contributed by atoms with Gasteiger partial charge in [-0.05, 0) is 86.3 Å². The normalized spacial score (nSPS) is 43.4. The molecule has 0 radical (unpaired) electrons. The molecule has 3 heteroatoms. The Morgan fingerprint density at radius 2 is 2.04 bits per heavy atom. The van der Waals surface area contributed by atoms with Crippen molar-refractivity contribution in [2.75, 3.05) is 6.61 Å². The highest BCUT2D eigenvalue weighted by atomic mass is 16.3. The van der Waals surface area contributed by atoms with Crippen LogP contribution in [0.4, 0.5) is 0 Å². The Morgan fingerprint density at radius 3 is 2.80 bits per heavy atom. The molecule has 4 aliphatic carbocycles. The summed E-state index contributed by atoms with van der Waals surface area (Å²) in [6.45, 7) is 4.82. The molecule has 0 aromatic heterocycles. The van der Waals surface area contributed by atoms with E-state index in [0.29, 0.717) is 36.4 Å². The number of hydrogen-bond donors (Lipinski definition) is 2. The van der Waals surface area contributed by atoms with Crippen molar-refractivity contribution in [1.29, 1.82) is 0 Å². The minimum Gasteiger partial charge on any atom is -0.396 e. The number of carbonyl (C=O) groups excluding carboxylic acids is 1. The second kappa shape index (κ2) is 6.06.